The minimum absolute atomic E-state index is 0.279. The molecule has 0 unspecified atom stereocenters. The number of benzene rings is 1. The van der Waals surface area contributed by atoms with Crippen molar-refractivity contribution in [1.82, 2.24) is 15.0 Å². The highest BCUT2D eigenvalue weighted by Crippen LogP contribution is 2.26. The van der Waals surface area contributed by atoms with Gasteiger partial charge < -0.3 is 11.1 Å². The van der Waals surface area contributed by atoms with E-state index in [0.717, 1.165) is 0 Å². The Labute approximate surface area is 141 Å². The molecule has 0 radical (unpaired) electrons. The maximum Gasteiger partial charge on any atom is 0.267 e. The first kappa shape index (κ1) is 15.8. The van der Waals surface area contributed by atoms with Crippen molar-refractivity contribution in [3.05, 3.63) is 58.9 Å². The average Bonchev–Trinajstić information content (AvgIpc) is 2.98. The van der Waals surface area contributed by atoms with E-state index >= 15 is 0 Å². The molecule has 120 valence electrons. The maximum absolute atomic E-state index is 12.4. The number of hydrogen-bond donors (Lipinski definition) is 2. The number of nitrogens with one attached hydrogen (secondary N) is 1. The third-order valence-corrected chi connectivity index (χ3v) is 4.34. The van der Waals surface area contributed by atoms with Gasteiger partial charge in [0.1, 0.15) is 4.88 Å². The fourth-order valence-corrected chi connectivity index (χ4v) is 2.93. The predicted molar refractivity (Wildman–Crippen MR) is 90.8 cm³/mol. The van der Waals surface area contributed by atoms with Gasteiger partial charge in [-0.05, 0) is 37.3 Å². The zero-order chi connectivity index (χ0) is 17.1. The summed E-state index contributed by atoms with van der Waals surface area (Å²) in [4.78, 5) is 36.6. The number of aromatic nitrogens is 3. The largest absolute Gasteiger partial charge is 0.366 e. The van der Waals surface area contributed by atoms with Gasteiger partial charge in [-0.2, -0.15) is 0 Å². The number of primary amides is 1. The Balaban J connectivity index is 1.80. The van der Waals surface area contributed by atoms with E-state index in [0.29, 0.717) is 32.7 Å². The molecular weight excluding hydrogens is 326 g/mol. The molecular formula is C16H13N5O2S. The van der Waals surface area contributed by atoms with Crippen molar-refractivity contribution in [2.24, 2.45) is 5.73 Å². The van der Waals surface area contributed by atoms with Gasteiger partial charge >= 0.3 is 0 Å². The zero-order valence-corrected chi connectivity index (χ0v) is 13.5. The molecule has 3 aromatic rings. The summed E-state index contributed by atoms with van der Waals surface area (Å²) in [5, 5.41) is 3.35. The van der Waals surface area contributed by atoms with Gasteiger partial charge in [0.25, 0.3) is 5.91 Å². The van der Waals surface area contributed by atoms with Crippen LogP contribution in [0.5, 0.6) is 0 Å². The van der Waals surface area contributed by atoms with Gasteiger partial charge in [-0.3, -0.25) is 9.59 Å². The van der Waals surface area contributed by atoms with E-state index in [9.17, 15) is 9.59 Å². The van der Waals surface area contributed by atoms with Crippen LogP contribution in [0, 0.1) is 6.92 Å². The Morgan fingerprint density at radius 1 is 1.12 bits per heavy atom. The lowest BCUT2D eigenvalue weighted by Gasteiger charge is -2.04. The second-order valence-electron chi connectivity index (χ2n) is 4.90. The van der Waals surface area contributed by atoms with Crippen molar-refractivity contribution in [2.45, 2.75) is 6.92 Å². The number of rotatable bonds is 4. The van der Waals surface area contributed by atoms with E-state index < -0.39 is 5.91 Å². The first-order chi connectivity index (χ1) is 11.5. The van der Waals surface area contributed by atoms with Crippen molar-refractivity contribution in [3.63, 3.8) is 0 Å². The first-order valence-corrected chi connectivity index (χ1v) is 7.82. The summed E-state index contributed by atoms with van der Waals surface area (Å²) in [6, 6.07) is 8.07. The minimum Gasteiger partial charge on any atom is -0.366 e. The lowest BCUT2D eigenvalue weighted by Crippen LogP contribution is -2.13. The van der Waals surface area contributed by atoms with Crippen molar-refractivity contribution >= 4 is 28.8 Å². The predicted octanol–water partition coefficient (Wildman–Crippen LogP) is 2.26. The molecule has 2 amide bonds. The second-order valence-corrected chi connectivity index (χ2v) is 5.90. The molecule has 0 bridgehead atoms. The standard InChI is InChI=1S/C16H13N5O2S/c1-9-12(24-16(20-9)14-18-7-2-8-19-14)15(23)21-11-5-3-10(4-6-11)13(17)22/h2-8H,1H3,(H2,17,22)(H,21,23). The van der Waals surface area contributed by atoms with Crippen LogP contribution in [0.2, 0.25) is 0 Å². The van der Waals surface area contributed by atoms with Crippen LogP contribution in [0.4, 0.5) is 5.69 Å². The van der Waals surface area contributed by atoms with Crippen molar-refractivity contribution in [3.8, 4) is 10.8 Å². The van der Waals surface area contributed by atoms with Crippen molar-refractivity contribution < 1.29 is 9.59 Å². The van der Waals surface area contributed by atoms with Gasteiger partial charge in [-0.15, -0.1) is 11.3 Å². The van der Waals surface area contributed by atoms with Gasteiger partial charge in [0, 0.05) is 23.6 Å². The molecule has 3 rings (SSSR count). The Morgan fingerprint density at radius 3 is 2.42 bits per heavy atom. The van der Waals surface area contributed by atoms with Crippen molar-refractivity contribution in [1.29, 1.82) is 0 Å². The molecule has 1 aromatic carbocycles. The number of carbonyl (C=O) groups is 2. The summed E-state index contributed by atoms with van der Waals surface area (Å²) >= 11 is 1.23. The number of amides is 2. The van der Waals surface area contributed by atoms with Crippen LogP contribution in [0.1, 0.15) is 25.7 Å². The van der Waals surface area contributed by atoms with Crippen LogP contribution >= 0.6 is 11.3 Å². The number of nitrogens with zero attached hydrogens (tertiary/aromatic N) is 3. The first-order valence-electron chi connectivity index (χ1n) is 7.00. The topological polar surface area (TPSA) is 111 Å². The summed E-state index contributed by atoms with van der Waals surface area (Å²) in [7, 11) is 0. The number of nitrogens with two attached hydrogens (primary N) is 1. The van der Waals surface area contributed by atoms with Crippen LogP contribution in [-0.2, 0) is 0 Å². The molecule has 3 N–H and O–H groups in total. The Bertz CT molecular complexity index is 891. The maximum atomic E-state index is 12.4. The van der Waals surface area contributed by atoms with E-state index in [-0.39, 0.29) is 5.91 Å². The summed E-state index contributed by atoms with van der Waals surface area (Å²) in [5.41, 5.74) is 6.74. The van der Waals surface area contributed by atoms with Crippen LogP contribution < -0.4 is 11.1 Å². The highest BCUT2D eigenvalue weighted by Gasteiger charge is 2.17. The Hall–Kier alpha value is -3.13. The fourth-order valence-electron chi connectivity index (χ4n) is 2.02. The zero-order valence-electron chi connectivity index (χ0n) is 12.7. The van der Waals surface area contributed by atoms with Gasteiger partial charge in [-0.1, -0.05) is 0 Å². The van der Waals surface area contributed by atoms with E-state index in [1.54, 1.807) is 49.6 Å². The molecule has 0 aliphatic heterocycles. The van der Waals surface area contributed by atoms with Gasteiger partial charge in [0.15, 0.2) is 10.8 Å². The summed E-state index contributed by atoms with van der Waals surface area (Å²) in [6.45, 7) is 1.76. The number of carbonyl (C=O) groups excluding carboxylic acids is 2. The molecule has 0 spiro atoms. The normalized spacial score (nSPS) is 10.4. The number of thiazole rings is 1. The molecule has 0 aliphatic rings. The monoisotopic (exact) mass is 339 g/mol. The number of hydrogen-bond acceptors (Lipinski definition) is 6. The second kappa shape index (κ2) is 6.55. The molecule has 0 aliphatic carbocycles. The molecule has 2 heterocycles. The molecule has 2 aromatic heterocycles. The molecule has 0 fully saturated rings. The van der Waals surface area contributed by atoms with E-state index in [1.807, 2.05) is 0 Å². The van der Waals surface area contributed by atoms with Crippen LogP contribution in [0.25, 0.3) is 10.8 Å². The quantitative estimate of drug-likeness (QED) is 0.757. The highest BCUT2D eigenvalue weighted by molar-refractivity contribution is 7.17. The molecule has 8 heteroatoms. The van der Waals surface area contributed by atoms with E-state index in [4.69, 9.17) is 5.73 Å². The third kappa shape index (κ3) is 3.28. The summed E-state index contributed by atoms with van der Waals surface area (Å²) in [5.74, 6) is -0.312. The SMILES string of the molecule is Cc1nc(-c2ncccn2)sc1C(=O)Nc1ccc(C(N)=O)cc1. The Kier molecular flexibility index (Phi) is 4.30. The number of anilines is 1. The van der Waals surface area contributed by atoms with Gasteiger partial charge in [-0.25, -0.2) is 15.0 Å². The fraction of sp³-hybridized carbons (Fsp3) is 0.0625. The summed E-state index contributed by atoms with van der Waals surface area (Å²) in [6.07, 6.45) is 3.25. The van der Waals surface area contributed by atoms with E-state index in [2.05, 4.69) is 20.3 Å². The van der Waals surface area contributed by atoms with Crippen LogP contribution in [0.15, 0.2) is 42.7 Å². The smallest absolute Gasteiger partial charge is 0.267 e. The van der Waals surface area contributed by atoms with E-state index in [1.165, 1.54) is 11.3 Å². The molecule has 0 saturated heterocycles. The molecule has 7 nitrogen and oxygen atoms in total. The van der Waals surface area contributed by atoms with Gasteiger partial charge in [0.05, 0.1) is 5.69 Å². The molecule has 24 heavy (non-hydrogen) atoms. The van der Waals surface area contributed by atoms with Crippen molar-refractivity contribution in [2.75, 3.05) is 5.32 Å². The lowest BCUT2D eigenvalue weighted by atomic mass is 10.2. The van der Waals surface area contributed by atoms with Crippen LogP contribution in [0.3, 0.4) is 0 Å². The van der Waals surface area contributed by atoms with Gasteiger partial charge in [0.2, 0.25) is 5.91 Å². The Morgan fingerprint density at radius 2 is 1.79 bits per heavy atom. The minimum atomic E-state index is -0.515. The highest BCUT2D eigenvalue weighted by atomic mass is 32.1. The third-order valence-electron chi connectivity index (χ3n) is 3.19. The average molecular weight is 339 g/mol. The summed E-state index contributed by atoms with van der Waals surface area (Å²) < 4.78 is 0. The molecule has 0 saturated carbocycles. The number of aryl methyl sites for hydroxylation is 1. The molecule has 0 atom stereocenters. The van der Waals surface area contributed by atoms with Crippen LogP contribution in [-0.4, -0.2) is 26.8 Å². The lowest BCUT2D eigenvalue weighted by molar-refractivity contribution is 0.0998.